The maximum atomic E-state index is 12.9. The number of aliphatic hydroxyl groups is 1. The molecule has 0 atom stereocenters. The zero-order valence-electron chi connectivity index (χ0n) is 12.0. The number of halogens is 2. The molecular formula is C17H17ClFNO2. The van der Waals surface area contributed by atoms with Crippen molar-refractivity contribution in [1.82, 2.24) is 5.32 Å². The van der Waals surface area contributed by atoms with Crippen LogP contribution in [0.3, 0.4) is 0 Å². The highest BCUT2D eigenvalue weighted by molar-refractivity contribution is 6.31. The van der Waals surface area contributed by atoms with Gasteiger partial charge in [0.15, 0.2) is 0 Å². The van der Waals surface area contributed by atoms with E-state index in [1.165, 1.54) is 18.2 Å². The smallest absolute Gasteiger partial charge is 0.224 e. The van der Waals surface area contributed by atoms with Crippen molar-refractivity contribution < 1.29 is 14.3 Å². The lowest BCUT2D eigenvalue weighted by molar-refractivity contribution is -0.120. The summed E-state index contributed by atoms with van der Waals surface area (Å²) >= 11 is 5.89. The highest BCUT2D eigenvalue weighted by Crippen LogP contribution is 2.17. The van der Waals surface area contributed by atoms with Crippen LogP contribution in [0, 0.1) is 5.82 Å². The van der Waals surface area contributed by atoms with Gasteiger partial charge in [0, 0.05) is 11.6 Å². The number of nitrogens with one attached hydrogen (secondary N) is 1. The second-order valence-electron chi connectivity index (χ2n) is 4.99. The van der Waals surface area contributed by atoms with Gasteiger partial charge in [-0.1, -0.05) is 41.9 Å². The molecule has 2 rings (SSSR count). The van der Waals surface area contributed by atoms with E-state index in [1.807, 2.05) is 24.3 Å². The fourth-order valence-electron chi connectivity index (χ4n) is 2.06. The average molecular weight is 322 g/mol. The summed E-state index contributed by atoms with van der Waals surface area (Å²) in [5, 5.41) is 12.0. The van der Waals surface area contributed by atoms with Gasteiger partial charge in [-0.2, -0.15) is 0 Å². The predicted octanol–water partition coefficient (Wildman–Crippen LogP) is 2.87. The fourth-order valence-corrected chi connectivity index (χ4v) is 2.29. The zero-order chi connectivity index (χ0) is 15.9. The van der Waals surface area contributed by atoms with E-state index in [1.54, 1.807) is 0 Å². The summed E-state index contributed by atoms with van der Waals surface area (Å²) in [5.74, 6) is -0.569. The van der Waals surface area contributed by atoms with Crippen molar-refractivity contribution >= 4 is 17.5 Å². The normalized spacial score (nSPS) is 10.5. The van der Waals surface area contributed by atoms with Gasteiger partial charge in [0.1, 0.15) is 5.82 Å². The van der Waals surface area contributed by atoms with Crippen molar-refractivity contribution in [3.05, 3.63) is 70.0 Å². The molecule has 2 N–H and O–H groups in total. The van der Waals surface area contributed by atoms with Gasteiger partial charge in [-0.15, -0.1) is 0 Å². The van der Waals surface area contributed by atoms with Crippen LogP contribution in [0.2, 0.25) is 5.02 Å². The molecule has 22 heavy (non-hydrogen) atoms. The van der Waals surface area contributed by atoms with E-state index in [0.717, 1.165) is 11.1 Å². The van der Waals surface area contributed by atoms with Crippen molar-refractivity contribution in [1.29, 1.82) is 0 Å². The molecule has 2 aromatic rings. The summed E-state index contributed by atoms with van der Waals surface area (Å²) in [6, 6.07) is 11.6. The molecule has 0 heterocycles. The van der Waals surface area contributed by atoms with Gasteiger partial charge in [-0.3, -0.25) is 4.79 Å². The third-order valence-electron chi connectivity index (χ3n) is 3.31. The standard InChI is InChI=1S/C17H17ClFNO2/c18-16-10-15(19)6-5-14(16)9-17(22)20-8-7-12-1-3-13(11-21)4-2-12/h1-6,10,21H,7-9,11H2,(H,20,22). The SMILES string of the molecule is O=C(Cc1ccc(F)cc1Cl)NCCc1ccc(CO)cc1. The van der Waals surface area contributed by atoms with E-state index in [-0.39, 0.29) is 24.0 Å². The first kappa shape index (κ1) is 16.5. The average Bonchev–Trinajstić information content (AvgIpc) is 2.51. The Morgan fingerprint density at radius 1 is 1.14 bits per heavy atom. The van der Waals surface area contributed by atoms with Crippen LogP contribution in [0.15, 0.2) is 42.5 Å². The number of carbonyl (C=O) groups excluding carboxylic acids is 1. The van der Waals surface area contributed by atoms with Gasteiger partial charge in [0.05, 0.1) is 13.0 Å². The minimum absolute atomic E-state index is 0.0233. The van der Waals surface area contributed by atoms with E-state index in [9.17, 15) is 9.18 Å². The third kappa shape index (κ3) is 4.83. The molecule has 0 radical (unpaired) electrons. The van der Waals surface area contributed by atoms with Crippen LogP contribution in [-0.4, -0.2) is 17.6 Å². The molecule has 0 spiro atoms. The highest BCUT2D eigenvalue weighted by Gasteiger charge is 2.07. The first-order valence-electron chi connectivity index (χ1n) is 6.98. The number of rotatable bonds is 6. The van der Waals surface area contributed by atoms with Gasteiger partial charge in [0.25, 0.3) is 0 Å². The number of benzene rings is 2. The lowest BCUT2D eigenvalue weighted by Gasteiger charge is -2.07. The van der Waals surface area contributed by atoms with E-state index in [4.69, 9.17) is 16.7 Å². The second-order valence-corrected chi connectivity index (χ2v) is 5.39. The molecule has 2 aromatic carbocycles. The van der Waals surface area contributed by atoms with Gasteiger partial charge >= 0.3 is 0 Å². The minimum Gasteiger partial charge on any atom is -0.392 e. The molecule has 1 amide bonds. The van der Waals surface area contributed by atoms with Gasteiger partial charge in [-0.05, 0) is 35.2 Å². The molecule has 0 aliphatic carbocycles. The topological polar surface area (TPSA) is 49.3 Å². The van der Waals surface area contributed by atoms with Crippen LogP contribution in [0.4, 0.5) is 4.39 Å². The summed E-state index contributed by atoms with van der Waals surface area (Å²) in [4.78, 5) is 11.8. The maximum absolute atomic E-state index is 12.9. The quantitative estimate of drug-likeness (QED) is 0.859. The molecule has 0 saturated heterocycles. The van der Waals surface area contributed by atoms with Crippen LogP contribution in [-0.2, 0) is 24.2 Å². The highest BCUT2D eigenvalue weighted by atomic mass is 35.5. The predicted molar refractivity (Wildman–Crippen MR) is 84.2 cm³/mol. The van der Waals surface area contributed by atoms with E-state index >= 15 is 0 Å². The minimum atomic E-state index is -0.416. The van der Waals surface area contributed by atoms with Gasteiger partial charge in [0.2, 0.25) is 5.91 Å². The summed E-state index contributed by atoms with van der Waals surface area (Å²) in [5.41, 5.74) is 2.55. The Labute approximate surface area is 133 Å². The van der Waals surface area contributed by atoms with Crippen LogP contribution >= 0.6 is 11.6 Å². The number of amides is 1. The van der Waals surface area contributed by atoms with Gasteiger partial charge in [-0.25, -0.2) is 4.39 Å². The van der Waals surface area contributed by atoms with Crippen molar-refractivity contribution in [2.45, 2.75) is 19.4 Å². The Bertz CT molecular complexity index is 644. The monoisotopic (exact) mass is 321 g/mol. The molecule has 0 saturated carbocycles. The summed E-state index contributed by atoms with van der Waals surface area (Å²) in [6.07, 6.45) is 0.831. The van der Waals surface area contributed by atoms with Gasteiger partial charge < -0.3 is 10.4 Å². The number of hydrogen-bond donors (Lipinski definition) is 2. The number of carbonyl (C=O) groups is 1. The van der Waals surface area contributed by atoms with E-state index < -0.39 is 5.82 Å². The zero-order valence-corrected chi connectivity index (χ0v) is 12.7. The largest absolute Gasteiger partial charge is 0.392 e. The van der Waals surface area contributed by atoms with Crippen molar-refractivity contribution in [2.24, 2.45) is 0 Å². The lowest BCUT2D eigenvalue weighted by atomic mass is 10.1. The molecule has 5 heteroatoms. The third-order valence-corrected chi connectivity index (χ3v) is 3.66. The molecule has 116 valence electrons. The van der Waals surface area contributed by atoms with Crippen molar-refractivity contribution in [3.63, 3.8) is 0 Å². The van der Waals surface area contributed by atoms with E-state index in [0.29, 0.717) is 18.5 Å². The second kappa shape index (κ2) is 7.92. The summed E-state index contributed by atoms with van der Waals surface area (Å²) in [7, 11) is 0. The Kier molecular flexibility index (Phi) is 5.92. The molecule has 0 aliphatic heterocycles. The molecule has 0 aliphatic rings. The summed E-state index contributed by atoms with van der Waals surface area (Å²) in [6.45, 7) is 0.533. The summed E-state index contributed by atoms with van der Waals surface area (Å²) < 4.78 is 12.9. The first-order chi connectivity index (χ1) is 10.6. The fraction of sp³-hybridized carbons (Fsp3) is 0.235. The lowest BCUT2D eigenvalue weighted by Crippen LogP contribution is -2.27. The molecule has 0 fully saturated rings. The molecule has 0 aromatic heterocycles. The van der Waals surface area contributed by atoms with Crippen LogP contribution in [0.25, 0.3) is 0 Å². The Hall–Kier alpha value is -1.91. The molecular weight excluding hydrogens is 305 g/mol. The van der Waals surface area contributed by atoms with Crippen LogP contribution in [0.5, 0.6) is 0 Å². The maximum Gasteiger partial charge on any atom is 0.224 e. The molecule has 0 unspecified atom stereocenters. The van der Waals surface area contributed by atoms with E-state index in [2.05, 4.69) is 5.32 Å². The van der Waals surface area contributed by atoms with Crippen LogP contribution < -0.4 is 5.32 Å². The number of aliphatic hydroxyl groups excluding tert-OH is 1. The Balaban J connectivity index is 1.79. The van der Waals surface area contributed by atoms with Crippen molar-refractivity contribution in [3.8, 4) is 0 Å². The molecule has 3 nitrogen and oxygen atoms in total. The Morgan fingerprint density at radius 3 is 2.45 bits per heavy atom. The Morgan fingerprint density at radius 2 is 1.82 bits per heavy atom. The van der Waals surface area contributed by atoms with Crippen molar-refractivity contribution in [2.75, 3.05) is 6.54 Å². The first-order valence-corrected chi connectivity index (χ1v) is 7.35. The van der Waals surface area contributed by atoms with Crippen LogP contribution in [0.1, 0.15) is 16.7 Å². The molecule has 0 bridgehead atoms. The number of hydrogen-bond acceptors (Lipinski definition) is 2.